The first kappa shape index (κ1) is 18.7. The molecule has 0 unspecified atom stereocenters. The number of hydrogen-bond acceptors (Lipinski definition) is 4. The van der Waals surface area contributed by atoms with E-state index in [2.05, 4.69) is 33.5 Å². The predicted molar refractivity (Wildman–Crippen MR) is 109 cm³/mol. The van der Waals surface area contributed by atoms with Gasteiger partial charge < -0.3 is 18.8 Å². The van der Waals surface area contributed by atoms with Gasteiger partial charge in [-0.1, -0.05) is 6.07 Å². The first-order valence-electron chi connectivity index (χ1n) is 9.92. The zero-order valence-electron chi connectivity index (χ0n) is 16.9. The van der Waals surface area contributed by atoms with Crippen molar-refractivity contribution in [3.63, 3.8) is 0 Å². The average molecular weight is 380 g/mol. The largest absolute Gasteiger partial charge is 0.337 e. The molecule has 7 heteroatoms. The zero-order chi connectivity index (χ0) is 19.7. The number of carbonyl (C=O) groups is 1. The Morgan fingerprint density at radius 3 is 2.96 bits per heavy atom. The van der Waals surface area contributed by atoms with Gasteiger partial charge >= 0.3 is 0 Å². The molecule has 1 aliphatic heterocycles. The lowest BCUT2D eigenvalue weighted by Gasteiger charge is -2.32. The van der Waals surface area contributed by atoms with Crippen molar-refractivity contribution in [3.05, 3.63) is 54.0 Å². The maximum Gasteiger partial charge on any atom is 0.274 e. The van der Waals surface area contributed by atoms with E-state index in [1.807, 2.05) is 53.0 Å². The van der Waals surface area contributed by atoms with Crippen molar-refractivity contribution in [2.75, 3.05) is 33.7 Å². The highest BCUT2D eigenvalue weighted by atomic mass is 16.2. The fourth-order valence-electron chi connectivity index (χ4n) is 3.96. The summed E-state index contributed by atoms with van der Waals surface area (Å²) in [6, 6.07) is 5.92. The van der Waals surface area contributed by atoms with Crippen molar-refractivity contribution < 1.29 is 4.79 Å². The number of carbonyl (C=O) groups excluding carboxylic acids is 1. The van der Waals surface area contributed by atoms with Gasteiger partial charge in [0.25, 0.3) is 5.91 Å². The summed E-state index contributed by atoms with van der Waals surface area (Å²) in [6.07, 6.45) is 7.83. The molecule has 0 bridgehead atoms. The summed E-state index contributed by atoms with van der Waals surface area (Å²) in [7, 11) is 4.16. The molecular weight excluding hydrogens is 352 g/mol. The summed E-state index contributed by atoms with van der Waals surface area (Å²) in [5.41, 5.74) is 2.41. The molecule has 0 aliphatic carbocycles. The van der Waals surface area contributed by atoms with Crippen LogP contribution in [-0.4, -0.2) is 68.4 Å². The third kappa shape index (κ3) is 3.67. The quantitative estimate of drug-likeness (QED) is 0.682. The summed E-state index contributed by atoms with van der Waals surface area (Å²) in [5.74, 6) is 1.37. The van der Waals surface area contributed by atoms with Crippen LogP contribution in [0.1, 0.15) is 40.8 Å². The van der Waals surface area contributed by atoms with E-state index in [4.69, 9.17) is 0 Å². The maximum atomic E-state index is 13.1. The van der Waals surface area contributed by atoms with Crippen molar-refractivity contribution in [1.82, 2.24) is 28.7 Å². The number of aryl methyl sites for hydroxylation is 1. The third-order valence-electron chi connectivity index (χ3n) is 5.52. The van der Waals surface area contributed by atoms with Crippen molar-refractivity contribution in [1.29, 1.82) is 0 Å². The molecule has 3 aromatic heterocycles. The highest BCUT2D eigenvalue weighted by Crippen LogP contribution is 2.27. The number of pyridine rings is 1. The zero-order valence-corrected chi connectivity index (χ0v) is 16.9. The molecule has 1 aliphatic rings. The standard InChI is InChI=1S/C21H28N6O/c1-16-6-4-8-19-23-18(15-27(16)19)21(28)26-10-5-7-17(14-26)20-22-9-11-25(20)13-12-24(2)3/h4,6,8-9,11,15,17H,5,7,10,12-14H2,1-3H3/t17-/m1/s1. The van der Waals surface area contributed by atoms with Gasteiger partial charge in [-0.3, -0.25) is 4.79 Å². The van der Waals surface area contributed by atoms with Gasteiger partial charge in [0, 0.05) is 56.4 Å². The molecule has 4 rings (SSSR count). The second-order valence-electron chi connectivity index (χ2n) is 7.89. The van der Waals surface area contributed by atoms with E-state index in [1.54, 1.807) is 0 Å². The second-order valence-corrected chi connectivity index (χ2v) is 7.89. The van der Waals surface area contributed by atoms with Crippen molar-refractivity contribution in [2.24, 2.45) is 0 Å². The topological polar surface area (TPSA) is 58.7 Å². The van der Waals surface area contributed by atoms with E-state index in [9.17, 15) is 4.79 Å². The second kappa shape index (κ2) is 7.75. The van der Waals surface area contributed by atoms with E-state index in [0.717, 1.165) is 49.6 Å². The minimum atomic E-state index is 0.0131. The van der Waals surface area contributed by atoms with E-state index in [0.29, 0.717) is 12.2 Å². The molecule has 4 heterocycles. The van der Waals surface area contributed by atoms with E-state index >= 15 is 0 Å². The maximum absolute atomic E-state index is 13.1. The Morgan fingerprint density at radius 1 is 1.32 bits per heavy atom. The molecule has 0 aromatic carbocycles. The number of piperidine rings is 1. The smallest absolute Gasteiger partial charge is 0.274 e. The average Bonchev–Trinajstić information content (AvgIpc) is 3.33. The lowest BCUT2D eigenvalue weighted by molar-refractivity contribution is 0.0698. The number of likely N-dealkylation sites (tertiary alicyclic amines) is 1. The number of hydrogen-bond donors (Lipinski definition) is 0. The Balaban J connectivity index is 1.51. The Morgan fingerprint density at radius 2 is 2.18 bits per heavy atom. The van der Waals surface area contributed by atoms with Crippen LogP contribution in [0.5, 0.6) is 0 Å². The van der Waals surface area contributed by atoms with Crippen LogP contribution in [0.2, 0.25) is 0 Å². The minimum absolute atomic E-state index is 0.0131. The number of nitrogens with zero attached hydrogens (tertiary/aromatic N) is 6. The van der Waals surface area contributed by atoms with Gasteiger partial charge in [0.1, 0.15) is 17.2 Å². The van der Waals surface area contributed by atoms with Gasteiger partial charge in [0.05, 0.1) is 0 Å². The normalized spacial score (nSPS) is 17.6. The Hall–Kier alpha value is -2.67. The monoisotopic (exact) mass is 380 g/mol. The first-order chi connectivity index (χ1) is 13.5. The van der Waals surface area contributed by atoms with Gasteiger partial charge in [-0.05, 0) is 46.0 Å². The minimum Gasteiger partial charge on any atom is -0.337 e. The molecule has 1 saturated heterocycles. The molecule has 1 atom stereocenters. The van der Waals surface area contributed by atoms with Crippen molar-refractivity contribution in [3.8, 4) is 0 Å². The van der Waals surface area contributed by atoms with Gasteiger partial charge in [0.2, 0.25) is 0 Å². The number of amides is 1. The lowest BCUT2D eigenvalue weighted by atomic mass is 9.97. The molecule has 28 heavy (non-hydrogen) atoms. The number of aromatic nitrogens is 4. The number of imidazole rings is 2. The highest BCUT2D eigenvalue weighted by Gasteiger charge is 2.29. The van der Waals surface area contributed by atoms with Crippen LogP contribution in [0.3, 0.4) is 0 Å². The van der Waals surface area contributed by atoms with Crippen LogP contribution in [0, 0.1) is 6.92 Å². The number of rotatable bonds is 5. The van der Waals surface area contributed by atoms with Crippen molar-refractivity contribution >= 4 is 11.6 Å². The van der Waals surface area contributed by atoms with Crippen LogP contribution in [0.4, 0.5) is 0 Å². The van der Waals surface area contributed by atoms with Crippen molar-refractivity contribution in [2.45, 2.75) is 32.2 Å². The fourth-order valence-corrected chi connectivity index (χ4v) is 3.96. The predicted octanol–water partition coefficient (Wildman–Crippen LogP) is 2.42. The molecule has 0 spiro atoms. The molecule has 1 fully saturated rings. The molecule has 7 nitrogen and oxygen atoms in total. The van der Waals surface area contributed by atoms with Gasteiger partial charge in [-0.25, -0.2) is 9.97 Å². The number of fused-ring (bicyclic) bond motifs is 1. The molecule has 3 aromatic rings. The summed E-state index contributed by atoms with van der Waals surface area (Å²) in [4.78, 5) is 26.4. The van der Waals surface area contributed by atoms with Gasteiger partial charge in [0.15, 0.2) is 0 Å². The molecule has 0 saturated carbocycles. The summed E-state index contributed by atoms with van der Waals surface area (Å²) in [6.45, 7) is 5.39. The molecule has 0 radical (unpaired) electrons. The summed E-state index contributed by atoms with van der Waals surface area (Å²) in [5, 5.41) is 0. The Kier molecular flexibility index (Phi) is 5.17. The fraction of sp³-hybridized carbons (Fsp3) is 0.476. The third-order valence-corrected chi connectivity index (χ3v) is 5.52. The molecular formula is C21H28N6O. The van der Waals surface area contributed by atoms with Crippen LogP contribution >= 0.6 is 0 Å². The lowest BCUT2D eigenvalue weighted by Crippen LogP contribution is -2.40. The van der Waals surface area contributed by atoms with E-state index in [-0.39, 0.29) is 11.8 Å². The van der Waals surface area contributed by atoms with Crippen LogP contribution in [0.15, 0.2) is 36.8 Å². The van der Waals surface area contributed by atoms with Crippen LogP contribution in [0.25, 0.3) is 5.65 Å². The van der Waals surface area contributed by atoms with Gasteiger partial charge in [-0.2, -0.15) is 0 Å². The Labute approximate surface area is 165 Å². The first-order valence-corrected chi connectivity index (χ1v) is 9.92. The molecule has 0 N–H and O–H groups in total. The highest BCUT2D eigenvalue weighted by molar-refractivity contribution is 5.93. The van der Waals surface area contributed by atoms with Gasteiger partial charge in [-0.15, -0.1) is 0 Å². The van der Waals surface area contributed by atoms with E-state index in [1.165, 1.54) is 0 Å². The molecule has 148 valence electrons. The number of likely N-dealkylation sites (N-methyl/N-ethyl adjacent to an activating group) is 1. The summed E-state index contributed by atoms with van der Waals surface area (Å²) >= 11 is 0. The Bertz CT molecular complexity index is 972. The SMILES string of the molecule is Cc1cccc2nc(C(=O)N3CCC[C@@H](c4nccn4CCN(C)C)C3)cn12. The van der Waals surface area contributed by atoms with E-state index < -0.39 is 0 Å². The van der Waals surface area contributed by atoms with Crippen LogP contribution < -0.4 is 0 Å². The summed E-state index contributed by atoms with van der Waals surface area (Å²) < 4.78 is 4.20. The van der Waals surface area contributed by atoms with Crippen LogP contribution in [-0.2, 0) is 6.54 Å². The molecule has 1 amide bonds.